The van der Waals surface area contributed by atoms with Crippen LogP contribution in [0.15, 0.2) is 36.5 Å². The minimum atomic E-state index is -1.07. The van der Waals surface area contributed by atoms with Crippen LogP contribution in [0, 0.1) is 10.1 Å². The minimum Gasteiger partial charge on any atom is -0.448 e. The third-order valence-corrected chi connectivity index (χ3v) is 3.54. The lowest BCUT2D eigenvalue weighted by Gasteiger charge is -2.14. The Morgan fingerprint density at radius 1 is 1.38 bits per heavy atom. The van der Waals surface area contributed by atoms with Crippen LogP contribution < -0.4 is 5.32 Å². The molecule has 1 amide bonds. The maximum atomic E-state index is 12.1. The van der Waals surface area contributed by atoms with Crippen LogP contribution in [0.4, 0.5) is 11.4 Å². The summed E-state index contributed by atoms with van der Waals surface area (Å²) < 4.78 is 6.66. The van der Waals surface area contributed by atoms with Gasteiger partial charge in [0.05, 0.1) is 15.6 Å². The fraction of sp³-hybridized carbons (Fsp3) is 0.200. The summed E-state index contributed by atoms with van der Waals surface area (Å²) in [4.78, 5) is 34.1. The highest BCUT2D eigenvalue weighted by atomic mass is 35.5. The second-order valence-corrected chi connectivity index (χ2v) is 5.37. The van der Waals surface area contributed by atoms with Gasteiger partial charge in [0.25, 0.3) is 11.6 Å². The summed E-state index contributed by atoms with van der Waals surface area (Å²) in [5.74, 6) is -1.24. The SMILES string of the molecule is CC(OC(=O)c1cccn1C)C(=O)Nc1ccc([N+](=O)[O-])cc1Cl. The van der Waals surface area contributed by atoms with Crippen LogP contribution in [-0.2, 0) is 16.6 Å². The molecule has 8 nitrogen and oxygen atoms in total. The zero-order valence-electron chi connectivity index (χ0n) is 12.9. The molecule has 1 N–H and O–H groups in total. The largest absolute Gasteiger partial charge is 0.448 e. The van der Waals surface area contributed by atoms with Crippen LogP contribution in [0.2, 0.25) is 5.02 Å². The molecule has 0 aliphatic rings. The van der Waals surface area contributed by atoms with Gasteiger partial charge in [-0.2, -0.15) is 0 Å². The van der Waals surface area contributed by atoms with Gasteiger partial charge in [-0.25, -0.2) is 4.79 Å². The van der Waals surface area contributed by atoms with Crippen LogP contribution in [0.1, 0.15) is 17.4 Å². The fourth-order valence-corrected chi connectivity index (χ4v) is 2.12. The van der Waals surface area contributed by atoms with E-state index in [1.54, 1.807) is 29.9 Å². The molecule has 126 valence electrons. The van der Waals surface area contributed by atoms with E-state index in [4.69, 9.17) is 16.3 Å². The summed E-state index contributed by atoms with van der Waals surface area (Å²) in [6, 6.07) is 6.89. The Bertz CT molecular complexity index is 802. The van der Waals surface area contributed by atoms with Gasteiger partial charge in [0.1, 0.15) is 5.69 Å². The lowest BCUT2D eigenvalue weighted by molar-refractivity contribution is -0.384. The lowest BCUT2D eigenvalue weighted by atomic mass is 10.2. The zero-order chi connectivity index (χ0) is 17.9. The van der Waals surface area contributed by atoms with E-state index in [1.807, 2.05) is 0 Å². The first-order chi connectivity index (χ1) is 11.3. The smallest absolute Gasteiger partial charge is 0.355 e. The van der Waals surface area contributed by atoms with Crippen molar-refractivity contribution in [1.29, 1.82) is 0 Å². The Balaban J connectivity index is 2.03. The summed E-state index contributed by atoms with van der Waals surface area (Å²) in [6.45, 7) is 1.41. The van der Waals surface area contributed by atoms with Gasteiger partial charge in [0.2, 0.25) is 0 Å². The molecule has 0 aliphatic carbocycles. The number of carbonyl (C=O) groups excluding carboxylic acids is 2. The zero-order valence-corrected chi connectivity index (χ0v) is 13.6. The average Bonchev–Trinajstić information content (AvgIpc) is 2.95. The van der Waals surface area contributed by atoms with Gasteiger partial charge in [-0.15, -0.1) is 0 Å². The molecule has 1 atom stereocenters. The molecule has 1 aromatic heterocycles. The van der Waals surface area contributed by atoms with Crippen LogP contribution in [0.25, 0.3) is 0 Å². The number of nitro benzene ring substituents is 1. The number of aromatic nitrogens is 1. The molecular weight excluding hydrogens is 338 g/mol. The van der Waals surface area contributed by atoms with Gasteiger partial charge in [0, 0.05) is 25.4 Å². The number of ether oxygens (including phenoxy) is 1. The van der Waals surface area contributed by atoms with Crippen LogP contribution in [0.5, 0.6) is 0 Å². The second kappa shape index (κ2) is 7.14. The summed E-state index contributed by atoms with van der Waals surface area (Å²) in [5, 5.41) is 13.1. The van der Waals surface area contributed by atoms with E-state index >= 15 is 0 Å². The average molecular weight is 352 g/mol. The maximum Gasteiger partial charge on any atom is 0.355 e. The Hall–Kier alpha value is -2.87. The van der Waals surface area contributed by atoms with Gasteiger partial charge < -0.3 is 14.6 Å². The lowest BCUT2D eigenvalue weighted by Crippen LogP contribution is -2.30. The number of nitrogens with one attached hydrogen (secondary N) is 1. The van der Waals surface area contributed by atoms with Crippen molar-refractivity contribution >= 4 is 34.9 Å². The van der Waals surface area contributed by atoms with Crippen molar-refractivity contribution in [3.63, 3.8) is 0 Å². The summed E-state index contributed by atoms with van der Waals surface area (Å²) in [5.41, 5.74) is 0.304. The van der Waals surface area contributed by atoms with E-state index < -0.39 is 22.9 Å². The van der Waals surface area contributed by atoms with Gasteiger partial charge >= 0.3 is 5.97 Å². The Labute approximate surface area is 142 Å². The molecule has 1 heterocycles. The Morgan fingerprint density at radius 3 is 2.62 bits per heavy atom. The Morgan fingerprint density at radius 2 is 2.08 bits per heavy atom. The molecule has 0 spiro atoms. The normalized spacial score (nSPS) is 11.6. The van der Waals surface area contributed by atoms with Gasteiger partial charge in [-0.05, 0) is 25.1 Å². The third kappa shape index (κ3) is 3.90. The number of aryl methyl sites for hydroxylation is 1. The molecule has 2 rings (SSSR count). The standard InChI is InChI=1S/C15H14ClN3O5/c1-9(24-15(21)13-4-3-7-18(13)2)14(20)17-12-6-5-10(19(22)23)8-11(12)16/h3-9H,1-2H3,(H,17,20). The summed E-state index contributed by atoms with van der Waals surface area (Å²) in [6.07, 6.45) is 0.608. The number of amides is 1. The van der Waals surface area contributed by atoms with Gasteiger partial charge in [0.15, 0.2) is 6.10 Å². The summed E-state index contributed by atoms with van der Waals surface area (Å²) in [7, 11) is 1.68. The van der Waals surface area contributed by atoms with Crippen molar-refractivity contribution in [3.8, 4) is 0 Å². The molecule has 1 unspecified atom stereocenters. The molecular formula is C15H14ClN3O5. The quantitative estimate of drug-likeness (QED) is 0.506. The number of hydrogen-bond acceptors (Lipinski definition) is 5. The van der Waals surface area contributed by atoms with Crippen molar-refractivity contribution in [1.82, 2.24) is 4.57 Å². The molecule has 0 bridgehead atoms. The highest BCUT2D eigenvalue weighted by molar-refractivity contribution is 6.34. The van der Waals surface area contributed by atoms with E-state index in [0.29, 0.717) is 5.69 Å². The number of anilines is 1. The maximum absolute atomic E-state index is 12.1. The first-order valence-corrected chi connectivity index (χ1v) is 7.24. The van der Waals surface area contributed by atoms with Crippen molar-refractivity contribution in [3.05, 3.63) is 57.4 Å². The first kappa shape index (κ1) is 17.5. The second-order valence-electron chi connectivity index (χ2n) is 4.96. The number of hydrogen-bond donors (Lipinski definition) is 1. The van der Waals surface area contributed by atoms with Crippen LogP contribution >= 0.6 is 11.6 Å². The van der Waals surface area contributed by atoms with E-state index in [1.165, 1.54) is 19.1 Å². The van der Waals surface area contributed by atoms with Crippen LogP contribution in [0.3, 0.4) is 0 Å². The number of carbonyl (C=O) groups is 2. The Kier molecular flexibility index (Phi) is 5.20. The molecule has 9 heteroatoms. The molecule has 24 heavy (non-hydrogen) atoms. The van der Waals surface area contributed by atoms with Crippen molar-refractivity contribution in [2.75, 3.05) is 5.32 Å². The number of halogens is 1. The van der Waals surface area contributed by atoms with E-state index in [9.17, 15) is 19.7 Å². The van der Waals surface area contributed by atoms with E-state index in [2.05, 4.69) is 5.32 Å². The predicted octanol–water partition coefficient (Wildman–Crippen LogP) is 2.77. The number of non-ortho nitro benzene ring substituents is 1. The number of nitro groups is 1. The molecule has 0 aliphatic heterocycles. The topological polar surface area (TPSA) is 103 Å². The van der Waals surface area contributed by atoms with Gasteiger partial charge in [-0.3, -0.25) is 14.9 Å². The molecule has 2 aromatic rings. The van der Waals surface area contributed by atoms with Crippen molar-refractivity contribution < 1.29 is 19.2 Å². The monoisotopic (exact) mass is 351 g/mol. The first-order valence-electron chi connectivity index (χ1n) is 6.86. The number of esters is 1. The van der Waals surface area contributed by atoms with E-state index in [0.717, 1.165) is 6.07 Å². The molecule has 0 radical (unpaired) electrons. The van der Waals surface area contributed by atoms with Crippen molar-refractivity contribution in [2.45, 2.75) is 13.0 Å². The molecule has 0 saturated heterocycles. The number of benzene rings is 1. The summed E-state index contributed by atoms with van der Waals surface area (Å²) >= 11 is 5.90. The molecule has 0 saturated carbocycles. The predicted molar refractivity (Wildman–Crippen MR) is 87.0 cm³/mol. The van der Waals surface area contributed by atoms with Crippen molar-refractivity contribution in [2.24, 2.45) is 7.05 Å². The number of rotatable bonds is 5. The molecule has 1 aromatic carbocycles. The highest BCUT2D eigenvalue weighted by Crippen LogP contribution is 2.26. The van der Waals surface area contributed by atoms with E-state index in [-0.39, 0.29) is 16.4 Å². The minimum absolute atomic E-state index is 0.0125. The van der Waals surface area contributed by atoms with Crippen LogP contribution in [-0.4, -0.2) is 27.5 Å². The highest BCUT2D eigenvalue weighted by Gasteiger charge is 2.21. The van der Waals surface area contributed by atoms with Gasteiger partial charge in [-0.1, -0.05) is 11.6 Å². The number of nitrogens with zero attached hydrogens (tertiary/aromatic N) is 2. The fourth-order valence-electron chi connectivity index (χ4n) is 1.90. The molecule has 0 fully saturated rings. The third-order valence-electron chi connectivity index (χ3n) is 3.23.